The normalized spacial score (nSPS) is 18.1. The molecular weight excluding hydrogens is 378 g/mol. The fraction of sp³-hybridized carbons (Fsp3) is 0.571. The Hall–Kier alpha value is -2.81. The van der Waals surface area contributed by atoms with Gasteiger partial charge in [-0.3, -0.25) is 4.90 Å². The molecule has 5 rings (SSSR count). The quantitative estimate of drug-likeness (QED) is 0.613. The molecule has 9 nitrogen and oxygen atoms in total. The van der Waals surface area contributed by atoms with Gasteiger partial charge in [0.2, 0.25) is 0 Å². The fourth-order valence-electron chi connectivity index (χ4n) is 4.33. The number of hydrogen-bond donors (Lipinski definition) is 0. The molecule has 0 unspecified atom stereocenters. The van der Waals surface area contributed by atoms with Gasteiger partial charge < -0.3 is 9.80 Å². The third-order valence-electron chi connectivity index (χ3n) is 6.08. The van der Waals surface area contributed by atoms with Gasteiger partial charge in [0.15, 0.2) is 11.5 Å². The Morgan fingerprint density at radius 2 is 1.70 bits per heavy atom. The van der Waals surface area contributed by atoms with Gasteiger partial charge in [-0.1, -0.05) is 0 Å². The number of nitrogens with zero attached hydrogens (tertiary/aromatic N) is 9. The predicted octanol–water partition coefficient (Wildman–Crippen LogP) is 1.92. The Balaban J connectivity index is 1.27. The van der Waals surface area contributed by atoms with Crippen molar-refractivity contribution in [3.8, 4) is 0 Å². The molecule has 2 fully saturated rings. The van der Waals surface area contributed by atoms with Gasteiger partial charge in [-0.05, 0) is 44.7 Å². The number of rotatable bonds is 6. The number of fused-ring (bicyclic) bond motifs is 1. The Labute approximate surface area is 176 Å². The highest BCUT2D eigenvalue weighted by Crippen LogP contribution is 2.36. The number of hydrogen-bond acceptors (Lipinski definition) is 8. The van der Waals surface area contributed by atoms with Crippen LogP contribution in [0.4, 0.5) is 11.6 Å². The molecule has 3 aromatic heterocycles. The topological polar surface area (TPSA) is 78.6 Å². The van der Waals surface area contributed by atoms with E-state index in [1.165, 1.54) is 12.8 Å². The molecule has 1 aliphatic heterocycles. The van der Waals surface area contributed by atoms with Crippen LogP contribution in [-0.4, -0.2) is 73.9 Å². The maximum Gasteiger partial charge on any atom is 0.177 e. The monoisotopic (exact) mass is 407 g/mol. The van der Waals surface area contributed by atoms with Gasteiger partial charge in [0.05, 0.1) is 12.2 Å². The lowest BCUT2D eigenvalue weighted by molar-refractivity contribution is 0.195. The highest BCUT2D eigenvalue weighted by Gasteiger charge is 2.36. The van der Waals surface area contributed by atoms with E-state index in [1.54, 1.807) is 6.33 Å². The average Bonchev–Trinajstić information content (AvgIpc) is 3.51. The van der Waals surface area contributed by atoms with Gasteiger partial charge in [-0.15, -0.1) is 10.2 Å². The molecule has 0 bridgehead atoms. The van der Waals surface area contributed by atoms with Gasteiger partial charge in [0.1, 0.15) is 18.0 Å². The Kier molecular flexibility index (Phi) is 4.98. The highest BCUT2D eigenvalue weighted by atomic mass is 15.4. The van der Waals surface area contributed by atoms with Crippen molar-refractivity contribution in [2.45, 2.75) is 51.2 Å². The summed E-state index contributed by atoms with van der Waals surface area (Å²) in [6, 6.07) is 7.22. The molecule has 0 radical (unpaired) electrons. The van der Waals surface area contributed by atoms with E-state index in [1.807, 2.05) is 42.6 Å². The summed E-state index contributed by atoms with van der Waals surface area (Å²) in [5.74, 6) is 2.94. The summed E-state index contributed by atoms with van der Waals surface area (Å²) in [5.41, 5.74) is 1.79. The second-order valence-corrected chi connectivity index (χ2v) is 8.64. The van der Waals surface area contributed by atoms with Crippen LogP contribution in [0.1, 0.15) is 37.2 Å². The van der Waals surface area contributed by atoms with E-state index in [9.17, 15) is 0 Å². The minimum Gasteiger partial charge on any atom is -0.363 e. The molecule has 1 saturated carbocycles. The van der Waals surface area contributed by atoms with Crippen LogP contribution in [0.5, 0.6) is 0 Å². The van der Waals surface area contributed by atoms with Gasteiger partial charge in [-0.25, -0.2) is 9.97 Å². The lowest BCUT2D eigenvalue weighted by atomic mass is 10.0. The van der Waals surface area contributed by atoms with Crippen LogP contribution >= 0.6 is 0 Å². The van der Waals surface area contributed by atoms with E-state index in [-0.39, 0.29) is 0 Å². The molecule has 30 heavy (non-hydrogen) atoms. The van der Waals surface area contributed by atoms with Crippen molar-refractivity contribution in [2.75, 3.05) is 37.0 Å². The van der Waals surface area contributed by atoms with E-state index in [0.29, 0.717) is 12.1 Å². The van der Waals surface area contributed by atoms with Gasteiger partial charge in [0, 0.05) is 45.3 Å². The number of likely N-dealkylation sites (tertiary alicyclic amines) is 1. The molecule has 1 saturated heterocycles. The van der Waals surface area contributed by atoms with Crippen LogP contribution in [0.2, 0.25) is 0 Å². The predicted molar refractivity (Wildman–Crippen MR) is 116 cm³/mol. The zero-order chi connectivity index (χ0) is 20.7. The fourth-order valence-corrected chi connectivity index (χ4v) is 4.33. The molecule has 158 valence electrons. The lowest BCUT2D eigenvalue weighted by Crippen LogP contribution is -2.46. The Bertz CT molecular complexity index is 1020. The van der Waals surface area contributed by atoms with Crippen molar-refractivity contribution < 1.29 is 0 Å². The maximum atomic E-state index is 4.63. The van der Waals surface area contributed by atoms with Crippen LogP contribution in [0.15, 0.2) is 24.5 Å². The molecule has 0 atom stereocenters. The molecule has 0 aromatic carbocycles. The first-order valence-corrected chi connectivity index (χ1v) is 10.8. The minimum absolute atomic E-state index is 0.522. The summed E-state index contributed by atoms with van der Waals surface area (Å²) in [6.45, 7) is 4.86. The summed E-state index contributed by atoms with van der Waals surface area (Å²) in [5, 5.41) is 13.2. The molecular formula is C21H29N9. The van der Waals surface area contributed by atoms with E-state index in [0.717, 1.165) is 61.3 Å². The zero-order valence-electron chi connectivity index (χ0n) is 17.9. The molecule has 3 aromatic rings. The van der Waals surface area contributed by atoms with Crippen molar-refractivity contribution in [1.29, 1.82) is 0 Å². The summed E-state index contributed by atoms with van der Waals surface area (Å²) in [6.07, 6.45) is 6.47. The van der Waals surface area contributed by atoms with Crippen molar-refractivity contribution in [1.82, 2.24) is 34.7 Å². The van der Waals surface area contributed by atoms with E-state index in [2.05, 4.69) is 41.1 Å². The van der Waals surface area contributed by atoms with Crippen LogP contribution in [0.25, 0.3) is 5.65 Å². The van der Waals surface area contributed by atoms with Gasteiger partial charge in [0.25, 0.3) is 0 Å². The zero-order valence-corrected chi connectivity index (χ0v) is 17.9. The summed E-state index contributed by atoms with van der Waals surface area (Å²) >= 11 is 0. The third kappa shape index (κ3) is 3.81. The van der Waals surface area contributed by atoms with E-state index < -0.39 is 0 Å². The minimum atomic E-state index is 0.522. The molecule has 0 spiro atoms. The van der Waals surface area contributed by atoms with Crippen molar-refractivity contribution in [3.63, 3.8) is 0 Å². The first-order chi connectivity index (χ1) is 14.6. The largest absolute Gasteiger partial charge is 0.363 e. The second kappa shape index (κ2) is 7.79. The number of anilines is 2. The molecule has 2 aliphatic rings. The Morgan fingerprint density at radius 1 is 0.967 bits per heavy atom. The summed E-state index contributed by atoms with van der Waals surface area (Å²) in [7, 11) is 4.05. The lowest BCUT2D eigenvalue weighted by Gasteiger charge is -2.39. The molecule has 9 heteroatoms. The molecule has 1 aliphatic carbocycles. The van der Waals surface area contributed by atoms with E-state index in [4.69, 9.17) is 0 Å². The SMILES string of the molecule is Cc1ccc2nnc(CN3CCC(N(c4cc(N(C)C)ncn4)C4CC4)CC3)n2n1. The summed E-state index contributed by atoms with van der Waals surface area (Å²) in [4.78, 5) is 16.1. The van der Waals surface area contributed by atoms with Crippen LogP contribution in [0.3, 0.4) is 0 Å². The maximum absolute atomic E-state index is 4.63. The van der Waals surface area contributed by atoms with Crippen LogP contribution < -0.4 is 9.80 Å². The summed E-state index contributed by atoms with van der Waals surface area (Å²) < 4.78 is 1.88. The average molecular weight is 408 g/mol. The first-order valence-electron chi connectivity index (χ1n) is 10.8. The first kappa shape index (κ1) is 19.2. The highest BCUT2D eigenvalue weighted by molar-refractivity contribution is 5.51. The van der Waals surface area contributed by atoms with E-state index >= 15 is 0 Å². The molecule has 4 heterocycles. The van der Waals surface area contributed by atoms with Gasteiger partial charge >= 0.3 is 0 Å². The van der Waals surface area contributed by atoms with Crippen molar-refractivity contribution in [3.05, 3.63) is 36.0 Å². The van der Waals surface area contributed by atoms with Gasteiger partial charge in [-0.2, -0.15) is 9.61 Å². The standard InChI is InChI=1S/C21H29N9/c1-15-4-7-18-24-25-21(30(18)26-15)13-28-10-8-17(9-11-28)29(16-5-6-16)20-12-19(27(2)3)22-14-23-20/h4,7,12,14,16-17H,5-6,8-11,13H2,1-3H3. The van der Waals surface area contributed by atoms with Crippen LogP contribution in [-0.2, 0) is 6.54 Å². The number of aromatic nitrogens is 6. The Morgan fingerprint density at radius 3 is 2.43 bits per heavy atom. The van der Waals surface area contributed by atoms with Crippen molar-refractivity contribution in [2.24, 2.45) is 0 Å². The smallest absolute Gasteiger partial charge is 0.177 e. The molecule has 0 N–H and O–H groups in total. The number of piperidine rings is 1. The third-order valence-corrected chi connectivity index (χ3v) is 6.08. The second-order valence-electron chi connectivity index (χ2n) is 8.64. The molecule has 0 amide bonds. The van der Waals surface area contributed by atoms with Crippen molar-refractivity contribution >= 4 is 17.3 Å². The number of aryl methyl sites for hydroxylation is 1. The van der Waals surface area contributed by atoms with Crippen LogP contribution in [0, 0.1) is 6.92 Å².